The number of hydrogen-bond acceptors (Lipinski definition) is 4. The van der Waals surface area contributed by atoms with E-state index in [-0.39, 0.29) is 19.6 Å². The van der Waals surface area contributed by atoms with Crippen LogP contribution in [0.25, 0.3) is 0 Å². The molecule has 0 saturated carbocycles. The molecule has 0 radical (unpaired) electrons. The Balaban J connectivity index is 4.57. The average molecular weight is 292 g/mol. The maximum Gasteiger partial charge on any atom is 0.313 e. The third kappa shape index (κ3) is 5.77. The number of carbonyl (C=O) groups is 2. The molecule has 0 unspecified atom stereocenters. The van der Waals surface area contributed by atoms with Gasteiger partial charge in [0.25, 0.3) is 0 Å². The van der Waals surface area contributed by atoms with Crippen molar-refractivity contribution in [3.8, 4) is 0 Å². The molecule has 0 rings (SSSR count). The first kappa shape index (κ1) is 15.8. The van der Waals surface area contributed by atoms with E-state index in [1.165, 1.54) is 0 Å². The summed E-state index contributed by atoms with van der Waals surface area (Å²) >= 11 is 16.8. The standard InChI is InChI=1S/C9H13Cl3O4/c1-3-15-7(13)5-6(9(10,11)12)8(14)16-4-2/h6H,3-5H2,1-2H3/t6-/m1/s1. The zero-order chi connectivity index (χ0) is 12.8. The van der Waals surface area contributed by atoms with Crippen molar-refractivity contribution in [1.82, 2.24) is 0 Å². The molecule has 4 nitrogen and oxygen atoms in total. The summed E-state index contributed by atoms with van der Waals surface area (Å²) in [6.45, 7) is 3.62. The van der Waals surface area contributed by atoms with Crippen molar-refractivity contribution < 1.29 is 19.1 Å². The van der Waals surface area contributed by atoms with E-state index in [0.29, 0.717) is 0 Å². The Bertz CT molecular complexity index is 250. The van der Waals surface area contributed by atoms with Crippen molar-refractivity contribution in [2.24, 2.45) is 5.92 Å². The Labute approximate surface area is 109 Å². The van der Waals surface area contributed by atoms with Gasteiger partial charge in [0, 0.05) is 0 Å². The van der Waals surface area contributed by atoms with Gasteiger partial charge in [-0.05, 0) is 13.8 Å². The van der Waals surface area contributed by atoms with Crippen molar-refractivity contribution >= 4 is 46.7 Å². The Morgan fingerprint density at radius 3 is 2.00 bits per heavy atom. The average Bonchev–Trinajstić information content (AvgIpc) is 2.13. The minimum absolute atomic E-state index is 0.152. The third-order valence-corrected chi connectivity index (χ3v) is 2.43. The zero-order valence-corrected chi connectivity index (χ0v) is 11.2. The first-order valence-electron chi connectivity index (χ1n) is 4.71. The number of halogens is 3. The van der Waals surface area contributed by atoms with Crippen LogP contribution in [0.5, 0.6) is 0 Å². The van der Waals surface area contributed by atoms with E-state index in [9.17, 15) is 9.59 Å². The monoisotopic (exact) mass is 290 g/mol. The van der Waals surface area contributed by atoms with Gasteiger partial charge in [-0.15, -0.1) is 0 Å². The molecule has 0 bridgehead atoms. The van der Waals surface area contributed by atoms with E-state index in [0.717, 1.165) is 0 Å². The predicted molar refractivity (Wildman–Crippen MR) is 61.7 cm³/mol. The fourth-order valence-electron chi connectivity index (χ4n) is 0.962. The highest BCUT2D eigenvalue weighted by atomic mass is 35.6. The molecule has 0 aromatic carbocycles. The molecule has 94 valence electrons. The quantitative estimate of drug-likeness (QED) is 0.577. The molecule has 0 aromatic rings. The van der Waals surface area contributed by atoms with E-state index in [1.54, 1.807) is 13.8 Å². The van der Waals surface area contributed by atoms with Crippen molar-refractivity contribution in [2.45, 2.75) is 24.1 Å². The van der Waals surface area contributed by atoms with Crippen LogP contribution in [0.15, 0.2) is 0 Å². The molecule has 0 aliphatic rings. The van der Waals surface area contributed by atoms with Gasteiger partial charge in [-0.2, -0.15) is 0 Å². The molecular weight excluding hydrogens is 278 g/mol. The predicted octanol–water partition coefficient (Wildman–Crippen LogP) is 2.49. The molecule has 1 atom stereocenters. The van der Waals surface area contributed by atoms with Gasteiger partial charge >= 0.3 is 11.9 Å². The molecule has 0 aliphatic carbocycles. The van der Waals surface area contributed by atoms with Crippen LogP contribution in [0.3, 0.4) is 0 Å². The van der Waals surface area contributed by atoms with Crippen LogP contribution in [0.1, 0.15) is 20.3 Å². The van der Waals surface area contributed by atoms with E-state index < -0.39 is 21.6 Å². The molecule has 0 amide bonds. The normalized spacial score (nSPS) is 13.1. The van der Waals surface area contributed by atoms with Gasteiger partial charge in [-0.1, -0.05) is 34.8 Å². The van der Waals surface area contributed by atoms with Gasteiger partial charge in [0.05, 0.1) is 19.6 Å². The van der Waals surface area contributed by atoms with Crippen LogP contribution < -0.4 is 0 Å². The molecule has 0 aliphatic heterocycles. The van der Waals surface area contributed by atoms with E-state index >= 15 is 0 Å². The molecule has 0 fully saturated rings. The highest BCUT2D eigenvalue weighted by Gasteiger charge is 2.41. The maximum atomic E-state index is 11.4. The smallest absolute Gasteiger partial charge is 0.313 e. The Morgan fingerprint density at radius 1 is 1.12 bits per heavy atom. The fourth-order valence-corrected chi connectivity index (χ4v) is 1.46. The van der Waals surface area contributed by atoms with Gasteiger partial charge in [0.1, 0.15) is 5.92 Å². The van der Waals surface area contributed by atoms with Crippen LogP contribution in [0.4, 0.5) is 0 Å². The second kappa shape index (κ2) is 7.20. The lowest BCUT2D eigenvalue weighted by Gasteiger charge is -2.21. The van der Waals surface area contributed by atoms with Crippen LogP contribution in [0, 0.1) is 5.92 Å². The van der Waals surface area contributed by atoms with E-state index in [1.807, 2.05) is 0 Å². The highest BCUT2D eigenvalue weighted by molar-refractivity contribution is 6.68. The lowest BCUT2D eigenvalue weighted by Crippen LogP contribution is -2.32. The summed E-state index contributed by atoms with van der Waals surface area (Å²) in [6, 6.07) is 0. The lowest BCUT2D eigenvalue weighted by atomic mass is 10.1. The first-order valence-corrected chi connectivity index (χ1v) is 5.85. The first-order chi connectivity index (χ1) is 7.32. The molecule has 0 heterocycles. The number of hydrogen-bond donors (Lipinski definition) is 0. The summed E-state index contributed by atoms with van der Waals surface area (Å²) in [6.07, 6.45) is -0.316. The summed E-state index contributed by atoms with van der Waals surface area (Å²) in [5, 5.41) is 0. The summed E-state index contributed by atoms with van der Waals surface area (Å²) < 4.78 is 7.49. The molecule has 0 saturated heterocycles. The SMILES string of the molecule is CCOC(=O)C[C@H](C(=O)OCC)C(Cl)(Cl)Cl. The van der Waals surface area contributed by atoms with Gasteiger partial charge in [0.15, 0.2) is 0 Å². The topological polar surface area (TPSA) is 52.6 Å². The second-order valence-electron chi connectivity index (χ2n) is 2.86. The summed E-state index contributed by atoms with van der Waals surface area (Å²) in [7, 11) is 0. The number of carbonyl (C=O) groups excluding carboxylic acids is 2. The van der Waals surface area contributed by atoms with Gasteiger partial charge in [-0.3, -0.25) is 9.59 Å². The zero-order valence-electron chi connectivity index (χ0n) is 8.97. The molecule has 16 heavy (non-hydrogen) atoms. The maximum absolute atomic E-state index is 11.4. The highest BCUT2D eigenvalue weighted by Crippen LogP contribution is 2.38. The number of esters is 2. The Morgan fingerprint density at radius 2 is 1.62 bits per heavy atom. The molecule has 0 N–H and O–H groups in total. The van der Waals surface area contributed by atoms with Crippen molar-refractivity contribution in [3.63, 3.8) is 0 Å². The molecule has 0 aromatic heterocycles. The van der Waals surface area contributed by atoms with Crippen LogP contribution in [-0.4, -0.2) is 28.9 Å². The largest absolute Gasteiger partial charge is 0.466 e. The van der Waals surface area contributed by atoms with E-state index in [2.05, 4.69) is 4.74 Å². The summed E-state index contributed by atoms with van der Waals surface area (Å²) in [5.74, 6) is -2.49. The lowest BCUT2D eigenvalue weighted by molar-refractivity contribution is -0.154. The van der Waals surface area contributed by atoms with E-state index in [4.69, 9.17) is 39.5 Å². The van der Waals surface area contributed by atoms with Crippen molar-refractivity contribution in [1.29, 1.82) is 0 Å². The van der Waals surface area contributed by atoms with Gasteiger partial charge < -0.3 is 9.47 Å². The fraction of sp³-hybridized carbons (Fsp3) is 0.778. The Hall–Kier alpha value is -0.190. The van der Waals surface area contributed by atoms with Crippen molar-refractivity contribution in [3.05, 3.63) is 0 Å². The minimum atomic E-state index is -1.89. The molecule has 7 heteroatoms. The number of ether oxygens (including phenoxy) is 2. The number of alkyl halides is 3. The van der Waals surface area contributed by atoms with Crippen molar-refractivity contribution in [2.75, 3.05) is 13.2 Å². The summed E-state index contributed by atoms with van der Waals surface area (Å²) in [4.78, 5) is 22.6. The molecular formula is C9H13Cl3O4. The second-order valence-corrected chi connectivity index (χ2v) is 5.22. The van der Waals surface area contributed by atoms with Crippen LogP contribution >= 0.6 is 34.8 Å². The van der Waals surface area contributed by atoms with Crippen LogP contribution in [-0.2, 0) is 19.1 Å². The third-order valence-electron chi connectivity index (χ3n) is 1.64. The minimum Gasteiger partial charge on any atom is -0.466 e. The van der Waals surface area contributed by atoms with Crippen LogP contribution in [0.2, 0.25) is 0 Å². The van der Waals surface area contributed by atoms with Gasteiger partial charge in [-0.25, -0.2) is 0 Å². The summed E-state index contributed by atoms with van der Waals surface area (Å²) in [5.41, 5.74) is 0. The van der Waals surface area contributed by atoms with Gasteiger partial charge in [0.2, 0.25) is 3.79 Å². The Kier molecular flexibility index (Phi) is 7.11. The number of rotatable bonds is 5. The molecule has 0 spiro atoms.